The zero-order valence-electron chi connectivity index (χ0n) is 12.8. The zero-order valence-corrected chi connectivity index (χ0v) is 12.8. The van der Waals surface area contributed by atoms with Crippen molar-refractivity contribution < 1.29 is 23.1 Å². The first-order chi connectivity index (χ1) is 11.4. The van der Waals surface area contributed by atoms with E-state index in [-0.39, 0.29) is 6.42 Å². The molecule has 0 aliphatic carbocycles. The van der Waals surface area contributed by atoms with Gasteiger partial charge in [0.15, 0.2) is 0 Å². The highest BCUT2D eigenvalue weighted by Gasteiger charge is 2.34. The highest BCUT2D eigenvalue weighted by atomic mass is 19.1. The maximum atomic E-state index is 14.1. The third-order valence-electron chi connectivity index (χ3n) is 3.87. The molecule has 2 rings (SSSR count). The summed E-state index contributed by atoms with van der Waals surface area (Å²) in [7, 11) is 0. The highest BCUT2D eigenvalue weighted by Crippen LogP contribution is 2.21. The molecular weight excluding hydrogens is 320 g/mol. The Morgan fingerprint density at radius 2 is 2.04 bits per heavy atom. The Hall–Kier alpha value is -2.53. The number of nitriles is 1. The summed E-state index contributed by atoms with van der Waals surface area (Å²) in [5.41, 5.74) is 3.09. The van der Waals surface area contributed by atoms with Crippen molar-refractivity contribution in [2.24, 2.45) is 5.73 Å². The van der Waals surface area contributed by atoms with Gasteiger partial charge in [-0.15, -0.1) is 0 Å². The molecule has 3 N–H and O–H groups in total. The Morgan fingerprint density at radius 1 is 1.38 bits per heavy atom. The van der Waals surface area contributed by atoms with E-state index < -0.39 is 40.1 Å². The van der Waals surface area contributed by atoms with Gasteiger partial charge in [0.05, 0.1) is 18.1 Å². The molecule has 6 nitrogen and oxygen atoms in total. The number of rotatable bonds is 5. The maximum absolute atomic E-state index is 14.1. The van der Waals surface area contributed by atoms with Crippen LogP contribution in [0.4, 0.5) is 8.78 Å². The van der Waals surface area contributed by atoms with E-state index in [2.05, 4.69) is 11.4 Å². The van der Waals surface area contributed by atoms with Gasteiger partial charge in [0.1, 0.15) is 17.2 Å². The number of halogens is 2. The number of nitrogens with two attached hydrogens (primary N) is 1. The van der Waals surface area contributed by atoms with Crippen LogP contribution in [0.25, 0.3) is 0 Å². The number of amides is 2. The molecule has 8 heteroatoms. The molecule has 1 fully saturated rings. The number of carbonyl (C=O) groups excluding carboxylic acids is 2. The largest absolute Gasteiger partial charge is 0.381 e. The molecule has 127 valence electrons. The maximum Gasteiger partial charge on any atom is 0.251 e. The molecule has 0 atom stereocenters. The summed E-state index contributed by atoms with van der Waals surface area (Å²) in [5.74, 6) is -3.62. The van der Waals surface area contributed by atoms with Crippen LogP contribution in [0.3, 0.4) is 0 Å². The summed E-state index contributed by atoms with van der Waals surface area (Å²) in [6.45, 7) is 0.690. The van der Waals surface area contributed by atoms with E-state index in [1.165, 1.54) is 0 Å². The molecular formula is C16H16F2N3O3. The Kier molecular flexibility index (Phi) is 5.46. The van der Waals surface area contributed by atoms with E-state index in [0.29, 0.717) is 26.1 Å². The zero-order chi connectivity index (χ0) is 17.7. The molecule has 0 unspecified atom stereocenters. The van der Waals surface area contributed by atoms with Crippen LogP contribution in [0.15, 0.2) is 12.1 Å². The van der Waals surface area contributed by atoms with E-state index in [0.717, 1.165) is 18.6 Å². The number of nitrogens with zero attached hydrogens (tertiary/aromatic N) is 1. The summed E-state index contributed by atoms with van der Waals surface area (Å²) in [6, 6.07) is 3.92. The second-order valence-corrected chi connectivity index (χ2v) is 5.46. The normalized spacial score (nSPS) is 16.2. The Bertz CT molecular complexity index is 695. The summed E-state index contributed by atoms with van der Waals surface area (Å²) >= 11 is 0. The van der Waals surface area contributed by atoms with Crippen molar-refractivity contribution in [1.82, 2.24) is 5.32 Å². The van der Waals surface area contributed by atoms with E-state index >= 15 is 0 Å². The Labute approximate surface area is 137 Å². The molecule has 1 saturated heterocycles. The van der Waals surface area contributed by atoms with Gasteiger partial charge in [0.25, 0.3) is 5.91 Å². The lowest BCUT2D eigenvalue weighted by atomic mass is 9.91. The number of primary amides is 1. The second kappa shape index (κ2) is 7.36. The van der Waals surface area contributed by atoms with Crippen LogP contribution in [-0.2, 0) is 16.0 Å². The van der Waals surface area contributed by atoms with Crippen molar-refractivity contribution in [3.8, 4) is 6.07 Å². The van der Waals surface area contributed by atoms with E-state index in [4.69, 9.17) is 10.5 Å². The van der Waals surface area contributed by atoms with Gasteiger partial charge in [0.2, 0.25) is 5.91 Å². The van der Waals surface area contributed by atoms with Crippen molar-refractivity contribution >= 4 is 11.8 Å². The molecule has 1 aromatic rings. The minimum atomic E-state index is -1.09. The van der Waals surface area contributed by atoms with Crippen LogP contribution in [0.5, 0.6) is 0 Å². The third kappa shape index (κ3) is 3.86. The van der Waals surface area contributed by atoms with Gasteiger partial charge in [-0.2, -0.15) is 5.26 Å². The lowest BCUT2D eigenvalue weighted by Gasteiger charge is -2.31. The van der Waals surface area contributed by atoms with Crippen LogP contribution in [0.2, 0.25) is 0 Å². The standard InChI is InChI=1S/C16H16F2N3O3/c17-12-3-1-11(15(20)23)14(18)10(12)2-4-13(22)21-16(9-19)5-7-24-8-6-16/h1,3-4H,2,5-8H2,(H2,20,23)(H,21,22). The molecule has 1 radical (unpaired) electrons. The van der Waals surface area contributed by atoms with Crippen LogP contribution < -0.4 is 11.1 Å². The van der Waals surface area contributed by atoms with E-state index in [1.807, 2.05) is 0 Å². The van der Waals surface area contributed by atoms with Crippen molar-refractivity contribution in [2.75, 3.05) is 13.2 Å². The van der Waals surface area contributed by atoms with Crippen molar-refractivity contribution in [2.45, 2.75) is 24.8 Å². The van der Waals surface area contributed by atoms with Crippen molar-refractivity contribution in [3.63, 3.8) is 0 Å². The summed E-state index contributed by atoms with van der Waals surface area (Å²) in [5, 5.41) is 11.8. The van der Waals surface area contributed by atoms with Crippen LogP contribution in [-0.4, -0.2) is 30.6 Å². The SMILES string of the molecule is N#CC1(NC(=O)[CH]Cc2c(F)ccc(C(N)=O)c2F)CCOCC1. The Morgan fingerprint density at radius 3 is 2.62 bits per heavy atom. The fourth-order valence-corrected chi connectivity index (χ4v) is 2.44. The van der Waals surface area contributed by atoms with Gasteiger partial charge >= 0.3 is 0 Å². The third-order valence-corrected chi connectivity index (χ3v) is 3.87. The lowest BCUT2D eigenvalue weighted by Crippen LogP contribution is -2.51. The quantitative estimate of drug-likeness (QED) is 0.837. The van der Waals surface area contributed by atoms with Gasteiger partial charge in [-0.1, -0.05) is 0 Å². The predicted octanol–water partition coefficient (Wildman–Crippen LogP) is 0.999. The molecule has 0 aromatic heterocycles. The average molecular weight is 336 g/mol. The van der Waals surface area contributed by atoms with Crippen LogP contribution in [0, 0.1) is 29.4 Å². The second-order valence-electron chi connectivity index (χ2n) is 5.46. The topological polar surface area (TPSA) is 105 Å². The minimum absolute atomic E-state index is 0.336. The van der Waals surface area contributed by atoms with Gasteiger partial charge in [-0.05, 0) is 18.6 Å². The summed E-state index contributed by atoms with van der Waals surface area (Å²) < 4.78 is 33.0. The number of ether oxygens (including phenoxy) is 1. The number of nitrogens with one attached hydrogen (secondary N) is 1. The van der Waals surface area contributed by atoms with Crippen LogP contribution in [0.1, 0.15) is 28.8 Å². The average Bonchev–Trinajstić information content (AvgIpc) is 2.55. The first-order valence-corrected chi connectivity index (χ1v) is 7.29. The smallest absolute Gasteiger partial charge is 0.251 e. The van der Waals surface area contributed by atoms with Crippen LogP contribution >= 0.6 is 0 Å². The molecule has 24 heavy (non-hydrogen) atoms. The van der Waals surface area contributed by atoms with E-state index in [1.54, 1.807) is 0 Å². The monoisotopic (exact) mass is 336 g/mol. The molecule has 0 spiro atoms. The molecule has 0 saturated carbocycles. The van der Waals surface area contributed by atoms with Gasteiger partial charge in [-0.3, -0.25) is 9.59 Å². The fraction of sp³-hybridized carbons (Fsp3) is 0.375. The molecule has 1 aliphatic heterocycles. The van der Waals surface area contributed by atoms with Crippen molar-refractivity contribution in [3.05, 3.63) is 41.3 Å². The Balaban J connectivity index is 2.05. The van der Waals surface area contributed by atoms with Gasteiger partial charge in [0, 0.05) is 31.6 Å². The van der Waals surface area contributed by atoms with E-state index in [9.17, 15) is 23.6 Å². The van der Waals surface area contributed by atoms with Crippen molar-refractivity contribution in [1.29, 1.82) is 5.26 Å². The first-order valence-electron chi connectivity index (χ1n) is 7.29. The van der Waals surface area contributed by atoms with Gasteiger partial charge in [-0.25, -0.2) is 8.78 Å². The molecule has 2 amide bonds. The number of hydrogen-bond acceptors (Lipinski definition) is 4. The predicted molar refractivity (Wildman–Crippen MR) is 79.4 cm³/mol. The number of hydrogen-bond donors (Lipinski definition) is 2. The summed E-state index contributed by atoms with van der Waals surface area (Å²) in [4.78, 5) is 23.1. The minimum Gasteiger partial charge on any atom is -0.381 e. The number of benzene rings is 1. The summed E-state index contributed by atoms with van der Waals surface area (Å²) in [6.07, 6.45) is 1.33. The highest BCUT2D eigenvalue weighted by molar-refractivity contribution is 5.93. The lowest BCUT2D eigenvalue weighted by molar-refractivity contribution is -0.120. The fourth-order valence-electron chi connectivity index (χ4n) is 2.44. The van der Waals surface area contributed by atoms with Gasteiger partial charge < -0.3 is 15.8 Å². The molecule has 0 bridgehead atoms. The molecule has 1 aliphatic rings. The first kappa shape index (κ1) is 17.8. The number of carbonyl (C=O) groups is 2. The molecule has 1 heterocycles. The molecule has 1 aromatic carbocycles.